The molecule has 0 aliphatic carbocycles. The maximum absolute atomic E-state index is 12.7. The molecule has 3 atom stereocenters. The molecule has 402 valence electrons. The Kier molecular flexibility index (Phi) is 50.2. The third-order valence-corrected chi connectivity index (χ3v) is 14.0. The Balaban J connectivity index is 4.13. The number of hydrogen-bond donors (Lipinski definition) is 3. The van der Waals surface area contributed by atoms with Crippen LogP contribution in [0.2, 0.25) is 0 Å². The van der Waals surface area contributed by atoms with Crippen molar-refractivity contribution < 1.29 is 47.5 Å². The number of esters is 2. The number of carboxylic acid groups (broad SMARTS) is 1. The molecule has 0 saturated heterocycles. The second-order valence-electron chi connectivity index (χ2n) is 19.8. The van der Waals surface area contributed by atoms with Gasteiger partial charge in [-0.1, -0.05) is 257 Å². The largest absolute Gasteiger partial charge is 0.480 e. The molecule has 0 spiro atoms. The monoisotopic (exact) mass is 986 g/mol. The lowest BCUT2D eigenvalue weighted by Gasteiger charge is -2.20. The number of rotatable bonds is 55. The molecule has 12 heteroatoms. The summed E-state index contributed by atoms with van der Waals surface area (Å²) < 4.78 is 33.0. The van der Waals surface area contributed by atoms with E-state index in [1.807, 2.05) is 0 Å². The summed E-state index contributed by atoms with van der Waals surface area (Å²) in [5, 5.41) is 8.94. The molecule has 0 aliphatic heterocycles. The zero-order chi connectivity index (χ0) is 49.9. The first-order valence-corrected chi connectivity index (χ1v) is 30.2. The van der Waals surface area contributed by atoms with Crippen LogP contribution in [-0.2, 0) is 37.5 Å². The summed E-state index contributed by atoms with van der Waals surface area (Å²) in [7, 11) is -4.72. The van der Waals surface area contributed by atoms with Gasteiger partial charge in [-0.2, -0.15) is 0 Å². The number of unbranched alkanes of at least 4 members (excludes halogenated alkanes) is 39. The highest BCUT2D eigenvalue weighted by molar-refractivity contribution is 7.47. The third-order valence-electron chi connectivity index (χ3n) is 13.0. The highest BCUT2D eigenvalue weighted by atomic mass is 31.2. The standard InChI is InChI=1S/C56H108NO10P/c1-3-5-7-9-11-13-15-17-19-21-23-25-26-28-30-32-34-36-38-40-42-44-46-48-55(59)67-52(50-65-68(62,63)66-51-53(57)56(60)61)49-64-54(58)47-45-43-41-39-37-35-33-31-29-27-24-22-20-18-16-14-12-10-8-6-4-2/h18,20,52-53H,3-17,19,21-51,57H2,1-2H3,(H,60,61)(H,62,63)/b20-18+/t52-,53+/m1/s1. The lowest BCUT2D eigenvalue weighted by molar-refractivity contribution is -0.161. The molecule has 0 rings (SSSR count). The molecule has 0 amide bonds. The van der Waals surface area contributed by atoms with Crippen molar-refractivity contribution in [2.24, 2.45) is 5.73 Å². The normalized spacial score (nSPS) is 13.5. The van der Waals surface area contributed by atoms with Crippen LogP contribution in [0.4, 0.5) is 0 Å². The molecule has 4 N–H and O–H groups in total. The van der Waals surface area contributed by atoms with E-state index in [2.05, 4.69) is 26.0 Å². The van der Waals surface area contributed by atoms with Crippen molar-refractivity contribution in [3.63, 3.8) is 0 Å². The lowest BCUT2D eigenvalue weighted by Crippen LogP contribution is -2.34. The van der Waals surface area contributed by atoms with Crippen LogP contribution < -0.4 is 5.73 Å². The van der Waals surface area contributed by atoms with Crippen LogP contribution in [-0.4, -0.2) is 59.9 Å². The summed E-state index contributed by atoms with van der Waals surface area (Å²) in [5.74, 6) is -2.35. The van der Waals surface area contributed by atoms with E-state index >= 15 is 0 Å². The predicted octanol–water partition coefficient (Wildman–Crippen LogP) is 16.7. The molecular formula is C56H108NO10P. The van der Waals surface area contributed by atoms with Gasteiger partial charge >= 0.3 is 25.7 Å². The van der Waals surface area contributed by atoms with Crippen molar-refractivity contribution in [3.05, 3.63) is 12.2 Å². The number of carbonyl (C=O) groups is 3. The number of phosphoric ester groups is 1. The zero-order valence-electron chi connectivity index (χ0n) is 44.2. The van der Waals surface area contributed by atoms with Gasteiger partial charge in [0, 0.05) is 12.8 Å². The summed E-state index contributed by atoms with van der Waals surface area (Å²) >= 11 is 0. The molecule has 0 heterocycles. The van der Waals surface area contributed by atoms with Gasteiger partial charge in [-0.15, -0.1) is 0 Å². The summed E-state index contributed by atoms with van der Waals surface area (Å²) in [6, 6.07) is -1.52. The highest BCUT2D eigenvalue weighted by Crippen LogP contribution is 2.43. The Bertz CT molecular complexity index is 1200. The Morgan fingerprint density at radius 1 is 0.441 bits per heavy atom. The molecule has 0 saturated carbocycles. The minimum absolute atomic E-state index is 0.168. The average Bonchev–Trinajstić information content (AvgIpc) is 3.32. The molecule has 0 aromatic rings. The summed E-state index contributed by atoms with van der Waals surface area (Å²) in [6.07, 6.45) is 57.1. The van der Waals surface area contributed by atoms with Crippen LogP contribution >= 0.6 is 7.82 Å². The summed E-state index contributed by atoms with van der Waals surface area (Å²) in [6.45, 7) is 2.88. The van der Waals surface area contributed by atoms with E-state index in [1.54, 1.807) is 0 Å². The van der Waals surface area contributed by atoms with Gasteiger partial charge in [0.05, 0.1) is 13.2 Å². The quantitative estimate of drug-likeness (QED) is 0.0229. The number of carboxylic acids is 1. The Morgan fingerprint density at radius 3 is 1.07 bits per heavy atom. The number of carbonyl (C=O) groups excluding carboxylic acids is 2. The smallest absolute Gasteiger partial charge is 0.472 e. The molecule has 0 fully saturated rings. The van der Waals surface area contributed by atoms with Crippen molar-refractivity contribution in [1.82, 2.24) is 0 Å². The molecule has 0 aromatic carbocycles. The molecular weight excluding hydrogens is 878 g/mol. The number of aliphatic carboxylic acids is 1. The van der Waals surface area contributed by atoms with E-state index in [0.29, 0.717) is 12.8 Å². The first kappa shape index (κ1) is 66.2. The maximum Gasteiger partial charge on any atom is 0.472 e. The van der Waals surface area contributed by atoms with Crippen LogP contribution in [0.25, 0.3) is 0 Å². The summed E-state index contributed by atoms with van der Waals surface area (Å²) in [4.78, 5) is 46.3. The second kappa shape index (κ2) is 51.6. The third kappa shape index (κ3) is 50.6. The van der Waals surface area contributed by atoms with Crippen LogP contribution in [0.1, 0.15) is 296 Å². The van der Waals surface area contributed by atoms with Gasteiger partial charge in [-0.3, -0.25) is 23.4 Å². The average molecular weight is 986 g/mol. The van der Waals surface area contributed by atoms with Crippen molar-refractivity contribution >= 4 is 25.7 Å². The molecule has 11 nitrogen and oxygen atoms in total. The zero-order valence-corrected chi connectivity index (χ0v) is 45.1. The van der Waals surface area contributed by atoms with Gasteiger partial charge in [0.2, 0.25) is 0 Å². The van der Waals surface area contributed by atoms with Gasteiger partial charge in [-0.25, -0.2) is 4.57 Å². The fourth-order valence-electron chi connectivity index (χ4n) is 8.54. The van der Waals surface area contributed by atoms with Crippen molar-refractivity contribution in [2.45, 2.75) is 309 Å². The van der Waals surface area contributed by atoms with E-state index in [0.717, 1.165) is 38.5 Å². The van der Waals surface area contributed by atoms with Crippen molar-refractivity contribution in [1.29, 1.82) is 0 Å². The number of hydrogen-bond acceptors (Lipinski definition) is 9. The van der Waals surface area contributed by atoms with Gasteiger partial charge < -0.3 is 25.2 Å². The first-order valence-electron chi connectivity index (χ1n) is 28.7. The van der Waals surface area contributed by atoms with E-state index in [9.17, 15) is 23.8 Å². The number of ether oxygens (including phenoxy) is 2. The number of allylic oxidation sites excluding steroid dienone is 2. The van der Waals surface area contributed by atoms with Gasteiger partial charge in [0.25, 0.3) is 0 Å². The predicted molar refractivity (Wildman–Crippen MR) is 282 cm³/mol. The Labute approximate surface area is 418 Å². The molecule has 0 aliphatic rings. The minimum atomic E-state index is -4.72. The number of phosphoric acid groups is 1. The van der Waals surface area contributed by atoms with E-state index in [1.165, 1.54) is 218 Å². The first-order chi connectivity index (χ1) is 33.1. The SMILES string of the molecule is CCCCCCCC/C=C/CCCCCCCCCCCCCC(=O)OC[C@H](COP(=O)(O)OC[C@H](N)C(=O)O)OC(=O)CCCCCCCCCCCCCCCCCCCCCCCCC. The topological polar surface area (TPSA) is 172 Å². The fourth-order valence-corrected chi connectivity index (χ4v) is 9.31. The Morgan fingerprint density at radius 2 is 0.735 bits per heavy atom. The molecule has 1 unspecified atom stereocenters. The van der Waals surface area contributed by atoms with Gasteiger partial charge in [-0.05, 0) is 38.5 Å². The maximum atomic E-state index is 12.7. The summed E-state index contributed by atoms with van der Waals surface area (Å²) in [5.41, 5.74) is 5.37. The van der Waals surface area contributed by atoms with Crippen LogP contribution in [0.15, 0.2) is 12.2 Å². The minimum Gasteiger partial charge on any atom is -0.480 e. The van der Waals surface area contributed by atoms with E-state index in [4.69, 9.17) is 29.4 Å². The Hall–Kier alpha value is -1.78. The number of nitrogens with two attached hydrogens (primary N) is 1. The highest BCUT2D eigenvalue weighted by Gasteiger charge is 2.28. The fraction of sp³-hybridized carbons (Fsp3) is 0.911. The van der Waals surface area contributed by atoms with Crippen LogP contribution in [0.3, 0.4) is 0 Å². The van der Waals surface area contributed by atoms with E-state index < -0.39 is 51.1 Å². The van der Waals surface area contributed by atoms with Crippen molar-refractivity contribution in [2.75, 3.05) is 19.8 Å². The van der Waals surface area contributed by atoms with Crippen molar-refractivity contribution in [3.8, 4) is 0 Å². The van der Waals surface area contributed by atoms with Gasteiger partial charge in [0.1, 0.15) is 12.6 Å². The molecule has 0 aromatic heterocycles. The van der Waals surface area contributed by atoms with Gasteiger partial charge in [0.15, 0.2) is 6.10 Å². The lowest BCUT2D eigenvalue weighted by atomic mass is 10.0. The van der Waals surface area contributed by atoms with E-state index in [-0.39, 0.29) is 19.4 Å². The second-order valence-corrected chi connectivity index (χ2v) is 21.2. The molecule has 0 bridgehead atoms. The molecule has 0 radical (unpaired) electrons. The molecule has 68 heavy (non-hydrogen) atoms. The van der Waals surface area contributed by atoms with Crippen LogP contribution in [0, 0.1) is 0 Å². The van der Waals surface area contributed by atoms with Crippen LogP contribution in [0.5, 0.6) is 0 Å².